The molecule has 0 unspecified atom stereocenters. The molecule has 0 saturated carbocycles. The second kappa shape index (κ2) is 7.98. The third-order valence-corrected chi connectivity index (χ3v) is 4.28. The zero-order valence-corrected chi connectivity index (χ0v) is 14.5. The van der Waals surface area contributed by atoms with Crippen LogP contribution in [0.4, 0.5) is 0 Å². The number of rotatable bonds is 6. The standard InChI is InChI=1S/C21H19BrO/c22-20-12-8-18(9-13-20)19-10-14-21(15-11-19)23-16-4-7-17-5-2-1-3-6-17/h1-3,5-6,8-15H,4,7,16H2. The molecule has 0 bridgehead atoms. The van der Waals surface area contributed by atoms with Gasteiger partial charge in [-0.2, -0.15) is 0 Å². The number of benzene rings is 3. The number of aryl methyl sites for hydroxylation is 1. The minimum absolute atomic E-state index is 0.743. The summed E-state index contributed by atoms with van der Waals surface area (Å²) in [4.78, 5) is 0. The van der Waals surface area contributed by atoms with Gasteiger partial charge in [-0.1, -0.05) is 70.5 Å². The number of ether oxygens (including phenoxy) is 1. The van der Waals surface area contributed by atoms with Gasteiger partial charge in [0.15, 0.2) is 0 Å². The smallest absolute Gasteiger partial charge is 0.119 e. The molecular formula is C21H19BrO. The molecule has 0 amide bonds. The van der Waals surface area contributed by atoms with Crippen LogP contribution in [0.25, 0.3) is 11.1 Å². The molecule has 0 aliphatic heterocycles. The highest BCUT2D eigenvalue weighted by atomic mass is 79.9. The summed E-state index contributed by atoms with van der Waals surface area (Å²) < 4.78 is 6.93. The molecule has 23 heavy (non-hydrogen) atoms. The van der Waals surface area contributed by atoms with Crippen LogP contribution in [0.5, 0.6) is 5.75 Å². The lowest BCUT2D eigenvalue weighted by atomic mass is 10.1. The minimum Gasteiger partial charge on any atom is -0.494 e. The predicted molar refractivity (Wildman–Crippen MR) is 99.8 cm³/mol. The highest BCUT2D eigenvalue weighted by Gasteiger charge is 1.99. The maximum absolute atomic E-state index is 5.83. The van der Waals surface area contributed by atoms with E-state index in [1.165, 1.54) is 16.7 Å². The van der Waals surface area contributed by atoms with E-state index in [2.05, 4.69) is 76.6 Å². The van der Waals surface area contributed by atoms with E-state index in [1.54, 1.807) is 0 Å². The van der Waals surface area contributed by atoms with Crippen LogP contribution < -0.4 is 4.74 Å². The zero-order valence-electron chi connectivity index (χ0n) is 12.9. The van der Waals surface area contributed by atoms with Crippen molar-refractivity contribution in [2.45, 2.75) is 12.8 Å². The van der Waals surface area contributed by atoms with Crippen molar-refractivity contribution in [2.24, 2.45) is 0 Å². The minimum atomic E-state index is 0.743. The van der Waals surface area contributed by atoms with Crippen molar-refractivity contribution in [1.29, 1.82) is 0 Å². The van der Waals surface area contributed by atoms with E-state index in [0.717, 1.165) is 29.7 Å². The number of hydrogen-bond acceptors (Lipinski definition) is 1. The van der Waals surface area contributed by atoms with Crippen molar-refractivity contribution in [2.75, 3.05) is 6.61 Å². The lowest BCUT2D eigenvalue weighted by molar-refractivity contribution is 0.311. The van der Waals surface area contributed by atoms with E-state index >= 15 is 0 Å². The summed E-state index contributed by atoms with van der Waals surface area (Å²) in [5.74, 6) is 0.930. The molecule has 0 atom stereocenters. The molecule has 3 rings (SSSR count). The Morgan fingerprint density at radius 2 is 1.30 bits per heavy atom. The Morgan fingerprint density at radius 3 is 1.96 bits per heavy atom. The lowest BCUT2D eigenvalue weighted by Gasteiger charge is -2.08. The Hall–Kier alpha value is -2.06. The van der Waals surface area contributed by atoms with Crippen LogP contribution in [-0.2, 0) is 6.42 Å². The van der Waals surface area contributed by atoms with Crippen LogP contribution in [-0.4, -0.2) is 6.61 Å². The third kappa shape index (κ3) is 4.70. The van der Waals surface area contributed by atoms with Crippen LogP contribution in [0.15, 0.2) is 83.3 Å². The summed E-state index contributed by atoms with van der Waals surface area (Å²) >= 11 is 3.46. The van der Waals surface area contributed by atoms with E-state index in [1.807, 2.05) is 18.2 Å². The van der Waals surface area contributed by atoms with Gasteiger partial charge in [0, 0.05) is 4.47 Å². The van der Waals surface area contributed by atoms with Gasteiger partial charge in [0.1, 0.15) is 5.75 Å². The molecule has 0 saturated heterocycles. The first-order chi connectivity index (χ1) is 11.3. The van der Waals surface area contributed by atoms with Gasteiger partial charge in [-0.25, -0.2) is 0 Å². The van der Waals surface area contributed by atoms with Crippen LogP contribution in [0.3, 0.4) is 0 Å². The van der Waals surface area contributed by atoms with Crippen molar-refractivity contribution in [3.05, 3.63) is 88.9 Å². The fraction of sp³-hybridized carbons (Fsp3) is 0.143. The molecule has 3 aromatic carbocycles. The maximum atomic E-state index is 5.83. The van der Waals surface area contributed by atoms with E-state index < -0.39 is 0 Å². The molecule has 2 heteroatoms. The van der Waals surface area contributed by atoms with Crippen LogP contribution in [0.1, 0.15) is 12.0 Å². The Labute approximate surface area is 146 Å². The van der Waals surface area contributed by atoms with Gasteiger partial charge in [0.25, 0.3) is 0 Å². The van der Waals surface area contributed by atoms with Gasteiger partial charge in [0.05, 0.1) is 6.61 Å². The fourth-order valence-electron chi connectivity index (χ4n) is 2.50. The summed E-state index contributed by atoms with van der Waals surface area (Å²) in [7, 11) is 0. The first-order valence-corrected chi connectivity index (χ1v) is 8.63. The van der Waals surface area contributed by atoms with Crippen molar-refractivity contribution in [3.63, 3.8) is 0 Å². The molecular weight excluding hydrogens is 348 g/mol. The van der Waals surface area contributed by atoms with Crippen LogP contribution in [0.2, 0.25) is 0 Å². The molecule has 1 nitrogen and oxygen atoms in total. The average molecular weight is 367 g/mol. The molecule has 0 aliphatic carbocycles. The number of halogens is 1. The largest absolute Gasteiger partial charge is 0.494 e. The molecule has 0 N–H and O–H groups in total. The molecule has 0 radical (unpaired) electrons. The lowest BCUT2D eigenvalue weighted by Crippen LogP contribution is -1.99. The monoisotopic (exact) mass is 366 g/mol. The van der Waals surface area contributed by atoms with Gasteiger partial charge in [-0.3, -0.25) is 0 Å². The Kier molecular flexibility index (Phi) is 5.49. The summed E-state index contributed by atoms with van der Waals surface area (Å²) in [5.41, 5.74) is 3.78. The van der Waals surface area contributed by atoms with Crippen LogP contribution in [0, 0.1) is 0 Å². The van der Waals surface area contributed by atoms with Gasteiger partial charge >= 0.3 is 0 Å². The summed E-state index contributed by atoms with van der Waals surface area (Å²) in [6.07, 6.45) is 2.08. The highest BCUT2D eigenvalue weighted by molar-refractivity contribution is 9.10. The summed E-state index contributed by atoms with van der Waals surface area (Å²) in [6, 6.07) is 27.2. The second-order valence-corrected chi connectivity index (χ2v) is 6.38. The Morgan fingerprint density at radius 1 is 0.696 bits per heavy atom. The zero-order chi connectivity index (χ0) is 15.9. The molecule has 0 aromatic heterocycles. The van der Waals surface area contributed by atoms with E-state index in [-0.39, 0.29) is 0 Å². The summed E-state index contributed by atoms with van der Waals surface area (Å²) in [5, 5.41) is 0. The third-order valence-electron chi connectivity index (χ3n) is 3.75. The first-order valence-electron chi connectivity index (χ1n) is 7.84. The van der Waals surface area contributed by atoms with E-state index in [4.69, 9.17) is 4.74 Å². The maximum Gasteiger partial charge on any atom is 0.119 e. The second-order valence-electron chi connectivity index (χ2n) is 5.47. The molecule has 0 fully saturated rings. The first kappa shape index (κ1) is 15.8. The van der Waals surface area contributed by atoms with Gasteiger partial charge in [0.2, 0.25) is 0 Å². The topological polar surface area (TPSA) is 9.23 Å². The van der Waals surface area contributed by atoms with Crippen molar-refractivity contribution >= 4 is 15.9 Å². The number of hydrogen-bond donors (Lipinski definition) is 0. The molecule has 3 aromatic rings. The summed E-state index contributed by atoms with van der Waals surface area (Å²) in [6.45, 7) is 0.743. The Bertz CT molecular complexity index is 718. The molecule has 0 heterocycles. The molecule has 116 valence electrons. The van der Waals surface area contributed by atoms with Crippen molar-refractivity contribution < 1.29 is 4.74 Å². The normalized spacial score (nSPS) is 10.5. The van der Waals surface area contributed by atoms with Gasteiger partial charge in [-0.15, -0.1) is 0 Å². The van der Waals surface area contributed by atoms with E-state index in [0.29, 0.717) is 0 Å². The molecule has 0 spiro atoms. The SMILES string of the molecule is Brc1ccc(-c2ccc(OCCCc3ccccc3)cc2)cc1. The average Bonchev–Trinajstić information content (AvgIpc) is 2.61. The Balaban J connectivity index is 1.50. The fourth-order valence-corrected chi connectivity index (χ4v) is 2.76. The van der Waals surface area contributed by atoms with Gasteiger partial charge in [-0.05, 0) is 53.8 Å². The predicted octanol–water partition coefficient (Wildman–Crippen LogP) is 6.13. The van der Waals surface area contributed by atoms with E-state index in [9.17, 15) is 0 Å². The van der Waals surface area contributed by atoms with Crippen molar-refractivity contribution in [3.8, 4) is 16.9 Å². The highest BCUT2D eigenvalue weighted by Crippen LogP contribution is 2.24. The quantitative estimate of drug-likeness (QED) is 0.477. The molecule has 0 aliphatic rings. The van der Waals surface area contributed by atoms with Crippen LogP contribution >= 0.6 is 15.9 Å². The van der Waals surface area contributed by atoms with Crippen molar-refractivity contribution in [1.82, 2.24) is 0 Å². The van der Waals surface area contributed by atoms with Gasteiger partial charge < -0.3 is 4.74 Å².